The van der Waals surface area contributed by atoms with Crippen molar-refractivity contribution in [2.24, 2.45) is 5.92 Å². The summed E-state index contributed by atoms with van der Waals surface area (Å²) in [5, 5.41) is 8.32. The van der Waals surface area contributed by atoms with Crippen LogP contribution < -0.4 is 0 Å². The molecule has 2 fully saturated rings. The van der Waals surface area contributed by atoms with Gasteiger partial charge in [-0.25, -0.2) is 12.7 Å². The Balaban J connectivity index is 1.52. The van der Waals surface area contributed by atoms with E-state index in [9.17, 15) is 13.2 Å². The van der Waals surface area contributed by atoms with Gasteiger partial charge in [-0.05, 0) is 31.6 Å². The molecule has 0 bridgehead atoms. The van der Waals surface area contributed by atoms with Gasteiger partial charge in [-0.2, -0.15) is 0 Å². The van der Waals surface area contributed by atoms with Crippen LogP contribution in [0.2, 0.25) is 0 Å². The van der Waals surface area contributed by atoms with Crippen molar-refractivity contribution in [2.75, 3.05) is 32.4 Å². The van der Waals surface area contributed by atoms with Crippen LogP contribution >= 0.6 is 0 Å². The van der Waals surface area contributed by atoms with Gasteiger partial charge in [-0.1, -0.05) is 6.92 Å². The second-order valence-corrected chi connectivity index (χ2v) is 10.1. The van der Waals surface area contributed by atoms with Gasteiger partial charge in [0, 0.05) is 26.2 Å². The molecule has 0 aliphatic carbocycles. The molecule has 27 heavy (non-hydrogen) atoms. The van der Waals surface area contributed by atoms with E-state index in [-0.39, 0.29) is 5.91 Å². The summed E-state index contributed by atoms with van der Waals surface area (Å²) in [6, 6.07) is 0. The van der Waals surface area contributed by atoms with E-state index in [1.54, 1.807) is 0 Å². The lowest BCUT2D eigenvalue weighted by atomic mass is 9.91. The van der Waals surface area contributed by atoms with Gasteiger partial charge in [0.05, 0.1) is 18.4 Å². The molecule has 0 N–H and O–H groups in total. The topological polar surface area (TPSA) is 97.6 Å². The van der Waals surface area contributed by atoms with E-state index in [1.165, 1.54) is 10.6 Å². The van der Waals surface area contributed by atoms with E-state index in [2.05, 4.69) is 17.1 Å². The van der Waals surface area contributed by atoms with Gasteiger partial charge in [0.1, 0.15) is 6.61 Å². The lowest BCUT2D eigenvalue weighted by molar-refractivity contribution is -0.115. The maximum absolute atomic E-state index is 13.0. The first-order valence-electron chi connectivity index (χ1n) is 9.58. The molecule has 9 nitrogen and oxygen atoms in total. The Morgan fingerprint density at radius 2 is 1.96 bits per heavy atom. The summed E-state index contributed by atoms with van der Waals surface area (Å²) in [4.78, 5) is 14.9. The molecule has 4 rings (SSSR count). The van der Waals surface area contributed by atoms with Gasteiger partial charge in [-0.3, -0.25) is 4.79 Å². The van der Waals surface area contributed by atoms with Crippen LogP contribution in [0.15, 0.2) is 0 Å². The fourth-order valence-corrected chi connectivity index (χ4v) is 5.21. The fraction of sp³-hybridized carbons (Fsp3) is 0.824. The van der Waals surface area contributed by atoms with Gasteiger partial charge < -0.3 is 14.2 Å². The number of nitrogens with zero attached hydrogens (tertiary/aromatic N) is 5. The molecule has 0 saturated carbocycles. The molecule has 150 valence electrons. The Bertz CT molecular complexity index is 828. The standard InChI is InChI=1S/C17H27N5O4S/c1-13-4-3-7-20(10-13)16(23)15-19-18-14-11-26-17(12-22(14)15)5-8-21(9-6-17)27(2,24)25/h13H,3-12H2,1-2H3/t13-/m1/s1. The number of piperidine rings is 2. The number of hydrogen-bond donors (Lipinski definition) is 0. The zero-order valence-corrected chi connectivity index (χ0v) is 16.7. The Morgan fingerprint density at radius 1 is 1.22 bits per heavy atom. The predicted octanol–water partition coefficient (Wildman–Crippen LogP) is 0.475. The summed E-state index contributed by atoms with van der Waals surface area (Å²) in [5.41, 5.74) is -0.458. The van der Waals surface area contributed by atoms with Crippen LogP contribution in [-0.4, -0.2) is 76.3 Å². The highest BCUT2D eigenvalue weighted by atomic mass is 32.2. The lowest BCUT2D eigenvalue weighted by Gasteiger charge is -2.43. The van der Waals surface area contributed by atoms with Crippen LogP contribution in [0.1, 0.15) is 49.1 Å². The Kier molecular flexibility index (Phi) is 4.76. The normalized spacial score (nSPS) is 26.1. The number of likely N-dealkylation sites (tertiary alicyclic amines) is 1. The van der Waals surface area contributed by atoms with E-state index < -0.39 is 15.6 Å². The summed E-state index contributed by atoms with van der Waals surface area (Å²) in [6.45, 7) is 5.35. The number of hydrogen-bond acceptors (Lipinski definition) is 6. The molecule has 2 saturated heterocycles. The minimum atomic E-state index is -3.19. The molecule has 0 aromatic carbocycles. The zero-order valence-electron chi connectivity index (χ0n) is 15.9. The van der Waals surface area contributed by atoms with E-state index >= 15 is 0 Å². The lowest BCUT2D eigenvalue weighted by Crippen LogP contribution is -2.52. The third-order valence-electron chi connectivity index (χ3n) is 6.02. The average molecular weight is 398 g/mol. The molecule has 0 radical (unpaired) electrons. The number of carbonyl (C=O) groups is 1. The SMILES string of the molecule is C[C@@H]1CCCN(C(=O)c2nnc3n2CC2(CCN(S(C)(=O)=O)CC2)OC3)C1. The van der Waals surface area contributed by atoms with E-state index in [4.69, 9.17) is 4.74 Å². The van der Waals surface area contributed by atoms with Gasteiger partial charge in [0.2, 0.25) is 15.8 Å². The number of sulfonamides is 1. The minimum Gasteiger partial charge on any atom is -0.365 e. The number of rotatable bonds is 2. The molecular weight excluding hydrogens is 370 g/mol. The highest BCUT2D eigenvalue weighted by molar-refractivity contribution is 7.88. The Morgan fingerprint density at radius 3 is 2.63 bits per heavy atom. The summed E-state index contributed by atoms with van der Waals surface area (Å²) in [6.07, 6.45) is 4.61. The minimum absolute atomic E-state index is 0.0640. The van der Waals surface area contributed by atoms with Gasteiger partial charge in [-0.15, -0.1) is 10.2 Å². The van der Waals surface area contributed by atoms with Gasteiger partial charge in [0.15, 0.2) is 5.82 Å². The monoisotopic (exact) mass is 397 g/mol. The van der Waals surface area contributed by atoms with Crippen molar-refractivity contribution < 1.29 is 17.9 Å². The molecule has 3 aliphatic heterocycles. The van der Waals surface area contributed by atoms with Crippen LogP contribution in [0.25, 0.3) is 0 Å². The third kappa shape index (κ3) is 3.62. The molecular formula is C17H27N5O4S. The van der Waals surface area contributed by atoms with E-state index in [1.807, 2.05) is 9.47 Å². The molecule has 1 aromatic rings. The van der Waals surface area contributed by atoms with Crippen molar-refractivity contribution in [2.45, 2.75) is 51.4 Å². The van der Waals surface area contributed by atoms with Crippen molar-refractivity contribution >= 4 is 15.9 Å². The van der Waals surface area contributed by atoms with Crippen LogP contribution in [0, 0.1) is 5.92 Å². The van der Waals surface area contributed by atoms with Crippen LogP contribution in [0.3, 0.4) is 0 Å². The average Bonchev–Trinajstić information content (AvgIpc) is 3.03. The zero-order chi connectivity index (χ0) is 19.2. The largest absolute Gasteiger partial charge is 0.365 e. The van der Waals surface area contributed by atoms with Crippen molar-refractivity contribution in [3.05, 3.63) is 11.6 Å². The molecule has 0 unspecified atom stereocenters. The van der Waals surface area contributed by atoms with Crippen molar-refractivity contribution in [3.63, 3.8) is 0 Å². The number of ether oxygens (including phenoxy) is 1. The molecule has 3 aliphatic rings. The highest BCUT2D eigenvalue weighted by Gasteiger charge is 2.43. The molecule has 4 heterocycles. The Labute approximate surface area is 159 Å². The Hall–Kier alpha value is -1.52. The maximum Gasteiger partial charge on any atom is 0.291 e. The summed E-state index contributed by atoms with van der Waals surface area (Å²) >= 11 is 0. The first kappa shape index (κ1) is 18.8. The maximum atomic E-state index is 13.0. The number of carbonyl (C=O) groups excluding carboxylic acids is 1. The number of fused-ring (bicyclic) bond motifs is 1. The quantitative estimate of drug-likeness (QED) is 0.720. The summed E-state index contributed by atoms with van der Waals surface area (Å²) in [7, 11) is -3.19. The summed E-state index contributed by atoms with van der Waals surface area (Å²) in [5.74, 6) is 1.49. The molecule has 1 spiro atoms. The fourth-order valence-electron chi connectivity index (χ4n) is 4.36. The van der Waals surface area contributed by atoms with Crippen LogP contribution in [0.5, 0.6) is 0 Å². The van der Waals surface area contributed by atoms with Crippen molar-refractivity contribution in [1.82, 2.24) is 24.0 Å². The molecule has 1 aromatic heterocycles. The first-order valence-corrected chi connectivity index (χ1v) is 11.4. The molecule has 1 atom stereocenters. The van der Waals surface area contributed by atoms with Crippen LogP contribution in [-0.2, 0) is 27.9 Å². The van der Waals surface area contributed by atoms with E-state index in [0.717, 1.165) is 25.9 Å². The molecule has 10 heteroatoms. The summed E-state index contributed by atoms with van der Waals surface area (Å²) < 4.78 is 33.0. The first-order chi connectivity index (χ1) is 12.8. The second kappa shape index (κ2) is 6.82. The smallest absolute Gasteiger partial charge is 0.291 e. The van der Waals surface area contributed by atoms with Crippen LogP contribution in [0.4, 0.5) is 0 Å². The second-order valence-electron chi connectivity index (χ2n) is 8.16. The number of amides is 1. The van der Waals surface area contributed by atoms with Gasteiger partial charge >= 0.3 is 0 Å². The third-order valence-corrected chi connectivity index (χ3v) is 7.32. The highest BCUT2D eigenvalue weighted by Crippen LogP contribution is 2.34. The van der Waals surface area contributed by atoms with Crippen molar-refractivity contribution in [3.8, 4) is 0 Å². The predicted molar refractivity (Wildman–Crippen MR) is 97.5 cm³/mol. The number of aromatic nitrogens is 3. The molecule has 1 amide bonds. The van der Waals surface area contributed by atoms with Crippen molar-refractivity contribution in [1.29, 1.82) is 0 Å². The van der Waals surface area contributed by atoms with Gasteiger partial charge in [0.25, 0.3) is 5.91 Å². The van der Waals surface area contributed by atoms with E-state index in [0.29, 0.717) is 56.6 Å².